The molecule has 1 aliphatic heterocycles. The van der Waals surface area contributed by atoms with E-state index in [9.17, 15) is 18.0 Å². The van der Waals surface area contributed by atoms with Crippen LogP contribution < -0.4 is 0 Å². The minimum Gasteiger partial charge on any atom is -0.273 e. The number of nitrogens with zero attached hydrogens (tertiary/aromatic N) is 2. The van der Waals surface area contributed by atoms with Crippen molar-refractivity contribution in [2.75, 3.05) is 12.3 Å². The molecule has 0 fully saturated rings. The molecule has 0 spiro atoms. The van der Waals surface area contributed by atoms with E-state index >= 15 is 0 Å². The second-order valence-corrected chi connectivity index (χ2v) is 8.79. The number of fused-ring (bicyclic) bond motifs is 1. The molecule has 0 N–H and O–H groups in total. The Kier molecular flexibility index (Phi) is 5.43. The van der Waals surface area contributed by atoms with Crippen molar-refractivity contribution in [2.45, 2.75) is 26.4 Å². The van der Waals surface area contributed by atoms with Crippen molar-refractivity contribution < 1.29 is 18.0 Å². The highest BCUT2D eigenvalue weighted by molar-refractivity contribution is 7.89. The van der Waals surface area contributed by atoms with Gasteiger partial charge in [0.15, 0.2) is 0 Å². The van der Waals surface area contributed by atoms with E-state index in [1.807, 2.05) is 44.2 Å². The Labute approximate surface area is 159 Å². The maximum atomic E-state index is 12.9. The maximum absolute atomic E-state index is 12.9. The van der Waals surface area contributed by atoms with E-state index in [-0.39, 0.29) is 24.9 Å². The van der Waals surface area contributed by atoms with E-state index in [2.05, 4.69) is 0 Å². The Morgan fingerprint density at radius 2 is 1.41 bits per heavy atom. The van der Waals surface area contributed by atoms with E-state index in [4.69, 9.17) is 0 Å². The van der Waals surface area contributed by atoms with Gasteiger partial charge in [0.2, 0.25) is 10.0 Å². The lowest BCUT2D eigenvalue weighted by atomic mass is 10.1. The molecule has 3 rings (SSSR count). The molecule has 0 atom stereocenters. The number of sulfonamides is 1. The predicted molar refractivity (Wildman–Crippen MR) is 103 cm³/mol. The van der Waals surface area contributed by atoms with Gasteiger partial charge in [-0.25, -0.2) is 8.42 Å². The summed E-state index contributed by atoms with van der Waals surface area (Å²) < 4.78 is 27.2. The van der Waals surface area contributed by atoms with Crippen molar-refractivity contribution in [3.05, 3.63) is 71.3 Å². The highest BCUT2D eigenvalue weighted by atomic mass is 32.2. The molecule has 142 valence electrons. The van der Waals surface area contributed by atoms with Gasteiger partial charge in [-0.2, -0.15) is 4.31 Å². The van der Waals surface area contributed by atoms with Crippen LogP contribution in [-0.4, -0.2) is 47.8 Å². The molecule has 0 radical (unpaired) electrons. The summed E-state index contributed by atoms with van der Waals surface area (Å²) in [7, 11) is -3.65. The van der Waals surface area contributed by atoms with Crippen LogP contribution in [0.15, 0.2) is 54.6 Å². The van der Waals surface area contributed by atoms with Crippen molar-refractivity contribution in [3.8, 4) is 0 Å². The van der Waals surface area contributed by atoms with Gasteiger partial charge >= 0.3 is 0 Å². The molecule has 1 aliphatic rings. The van der Waals surface area contributed by atoms with E-state index < -0.39 is 21.8 Å². The van der Waals surface area contributed by atoms with E-state index in [1.54, 1.807) is 24.3 Å². The average molecular weight is 386 g/mol. The predicted octanol–water partition coefficient (Wildman–Crippen LogP) is 2.52. The zero-order chi connectivity index (χ0) is 19.6. The summed E-state index contributed by atoms with van der Waals surface area (Å²) in [6, 6.07) is 15.6. The van der Waals surface area contributed by atoms with Crippen LogP contribution in [0.3, 0.4) is 0 Å². The molecule has 7 heteroatoms. The van der Waals surface area contributed by atoms with Gasteiger partial charge in [-0.05, 0) is 31.5 Å². The van der Waals surface area contributed by atoms with Crippen molar-refractivity contribution in [1.82, 2.24) is 9.21 Å². The van der Waals surface area contributed by atoms with Crippen LogP contribution >= 0.6 is 0 Å². The zero-order valence-corrected chi connectivity index (χ0v) is 16.1. The second kappa shape index (κ2) is 7.62. The van der Waals surface area contributed by atoms with Crippen LogP contribution in [0, 0.1) is 0 Å². The molecule has 0 bridgehead atoms. The first kappa shape index (κ1) is 19.3. The quantitative estimate of drug-likeness (QED) is 0.686. The molecule has 0 saturated carbocycles. The third kappa shape index (κ3) is 3.94. The molecule has 2 aromatic rings. The normalized spacial score (nSPS) is 14.3. The lowest BCUT2D eigenvalue weighted by Crippen LogP contribution is -2.42. The minimum atomic E-state index is -3.65. The fraction of sp³-hybridized carbons (Fsp3) is 0.300. The minimum absolute atomic E-state index is 0.160. The molecule has 0 aromatic heterocycles. The fourth-order valence-corrected chi connectivity index (χ4v) is 4.77. The van der Waals surface area contributed by atoms with E-state index in [1.165, 1.54) is 4.31 Å². The summed E-state index contributed by atoms with van der Waals surface area (Å²) in [5.41, 5.74) is 1.53. The number of amides is 2. The lowest BCUT2D eigenvalue weighted by molar-refractivity contribution is 0.0663. The molecule has 0 saturated heterocycles. The molecule has 0 unspecified atom stereocenters. The Hall–Kier alpha value is -2.51. The van der Waals surface area contributed by atoms with E-state index in [0.717, 1.165) is 10.5 Å². The van der Waals surface area contributed by atoms with Crippen molar-refractivity contribution in [3.63, 3.8) is 0 Å². The third-order valence-corrected chi connectivity index (χ3v) is 6.53. The van der Waals surface area contributed by atoms with Crippen LogP contribution in [0.1, 0.15) is 40.1 Å². The highest BCUT2D eigenvalue weighted by Gasteiger charge is 2.36. The molecule has 1 heterocycles. The summed E-state index contributed by atoms with van der Waals surface area (Å²) in [5, 5.41) is 0. The Bertz CT molecular complexity index is 920. The second-order valence-electron chi connectivity index (χ2n) is 6.75. The van der Waals surface area contributed by atoms with E-state index in [0.29, 0.717) is 11.1 Å². The average Bonchev–Trinajstić information content (AvgIpc) is 2.89. The van der Waals surface area contributed by atoms with Gasteiger partial charge in [-0.1, -0.05) is 42.5 Å². The van der Waals surface area contributed by atoms with Gasteiger partial charge in [-0.15, -0.1) is 0 Å². The molecular weight excluding hydrogens is 364 g/mol. The van der Waals surface area contributed by atoms with Gasteiger partial charge in [0, 0.05) is 19.1 Å². The van der Waals surface area contributed by atoms with Gasteiger partial charge in [0.1, 0.15) is 0 Å². The monoisotopic (exact) mass is 386 g/mol. The molecule has 2 aromatic carbocycles. The molecule has 6 nitrogen and oxygen atoms in total. The first-order valence-corrected chi connectivity index (χ1v) is 10.4. The first-order valence-electron chi connectivity index (χ1n) is 8.80. The number of rotatable bonds is 7. The Balaban J connectivity index is 1.74. The molecule has 0 aliphatic carbocycles. The van der Waals surface area contributed by atoms with Crippen molar-refractivity contribution in [2.24, 2.45) is 0 Å². The van der Waals surface area contributed by atoms with Crippen LogP contribution in [0.25, 0.3) is 0 Å². The molecule has 27 heavy (non-hydrogen) atoms. The number of carbonyl (C=O) groups is 2. The lowest BCUT2D eigenvalue weighted by Gasteiger charge is -2.27. The van der Waals surface area contributed by atoms with Crippen LogP contribution in [0.2, 0.25) is 0 Å². The summed E-state index contributed by atoms with van der Waals surface area (Å²) in [6.07, 6.45) is 0. The van der Waals surface area contributed by atoms with Gasteiger partial charge < -0.3 is 0 Å². The Morgan fingerprint density at radius 1 is 0.889 bits per heavy atom. The summed E-state index contributed by atoms with van der Waals surface area (Å²) >= 11 is 0. The largest absolute Gasteiger partial charge is 0.273 e. The number of carbonyl (C=O) groups excluding carboxylic acids is 2. The molecule has 2 amide bonds. The maximum Gasteiger partial charge on any atom is 0.261 e. The summed E-state index contributed by atoms with van der Waals surface area (Å²) in [5.74, 6) is -1.18. The smallest absolute Gasteiger partial charge is 0.261 e. The summed E-state index contributed by atoms with van der Waals surface area (Å²) in [6.45, 7) is 3.71. The Morgan fingerprint density at radius 3 is 1.93 bits per heavy atom. The zero-order valence-electron chi connectivity index (χ0n) is 15.3. The third-order valence-electron chi connectivity index (χ3n) is 4.57. The van der Waals surface area contributed by atoms with Crippen molar-refractivity contribution >= 4 is 21.8 Å². The SMILES string of the molecule is CC(C)N(Cc1ccccc1)S(=O)(=O)CCN1C(=O)c2ccccc2C1=O. The molecular formula is C20H22N2O4S. The number of hydrogen-bond acceptors (Lipinski definition) is 4. The summed E-state index contributed by atoms with van der Waals surface area (Å²) in [4.78, 5) is 25.8. The van der Waals surface area contributed by atoms with Gasteiger partial charge in [0.05, 0.1) is 16.9 Å². The van der Waals surface area contributed by atoms with Gasteiger partial charge in [0.25, 0.3) is 11.8 Å². The number of hydrogen-bond donors (Lipinski definition) is 0. The standard InChI is InChI=1S/C20H22N2O4S/c1-15(2)22(14-16-8-4-3-5-9-16)27(25,26)13-12-21-19(23)17-10-6-7-11-18(17)20(21)24/h3-11,15H,12-14H2,1-2H3. The van der Waals surface area contributed by atoms with Crippen molar-refractivity contribution in [1.29, 1.82) is 0 Å². The first-order chi connectivity index (χ1) is 12.8. The number of benzene rings is 2. The van der Waals surface area contributed by atoms with Crippen LogP contribution in [0.5, 0.6) is 0 Å². The van der Waals surface area contributed by atoms with Gasteiger partial charge in [-0.3, -0.25) is 14.5 Å². The highest BCUT2D eigenvalue weighted by Crippen LogP contribution is 2.23. The topological polar surface area (TPSA) is 74.8 Å². The van der Waals surface area contributed by atoms with Crippen LogP contribution in [0.4, 0.5) is 0 Å². The fourth-order valence-electron chi connectivity index (χ4n) is 3.13. The van der Waals surface area contributed by atoms with Crippen LogP contribution in [-0.2, 0) is 16.6 Å². The number of imide groups is 1.